The molecule has 0 spiro atoms. The number of rotatable bonds is 7. The molecule has 184 valence electrons. The van der Waals surface area contributed by atoms with Gasteiger partial charge in [-0.15, -0.1) is 21.5 Å². The number of nitriles is 1. The van der Waals surface area contributed by atoms with Crippen molar-refractivity contribution in [1.82, 2.24) is 10.2 Å². The van der Waals surface area contributed by atoms with E-state index in [2.05, 4.69) is 48.4 Å². The number of aryl methyl sites for hydroxylation is 2. The van der Waals surface area contributed by atoms with E-state index < -0.39 is 0 Å². The number of thioether (sulfide) groups is 1. The number of hydrogen-bond donors (Lipinski definition) is 1. The average molecular weight is 511 g/mol. The number of anilines is 1. The Morgan fingerprint density at radius 1 is 1.29 bits per heavy atom. The second-order valence-electron chi connectivity index (χ2n) is 10.0. The van der Waals surface area contributed by atoms with Crippen molar-refractivity contribution in [3.05, 3.63) is 51.2 Å². The van der Waals surface area contributed by atoms with Crippen LogP contribution in [-0.4, -0.2) is 21.9 Å². The van der Waals surface area contributed by atoms with E-state index in [-0.39, 0.29) is 23.7 Å². The molecule has 0 saturated carbocycles. The van der Waals surface area contributed by atoms with Crippen LogP contribution in [0.4, 0.5) is 5.00 Å². The summed E-state index contributed by atoms with van der Waals surface area (Å²) in [7, 11) is 0. The first-order valence-electron chi connectivity index (χ1n) is 11.6. The summed E-state index contributed by atoms with van der Waals surface area (Å²) in [6.45, 7) is 11.0. The second kappa shape index (κ2) is 10.4. The molecule has 0 radical (unpaired) electrons. The summed E-state index contributed by atoms with van der Waals surface area (Å²) in [6, 6.07) is 8.28. The maximum Gasteiger partial charge on any atom is 0.277 e. The zero-order chi connectivity index (χ0) is 25.2. The van der Waals surface area contributed by atoms with Gasteiger partial charge in [-0.2, -0.15) is 5.26 Å². The van der Waals surface area contributed by atoms with Crippen LogP contribution in [0.1, 0.15) is 60.2 Å². The van der Waals surface area contributed by atoms with Gasteiger partial charge >= 0.3 is 0 Å². The third-order valence-corrected chi connectivity index (χ3v) is 8.18. The molecule has 0 bridgehead atoms. The minimum absolute atomic E-state index is 0.109. The molecule has 1 aliphatic carbocycles. The lowest BCUT2D eigenvalue weighted by Gasteiger charge is -2.33. The molecule has 1 amide bonds. The Balaban J connectivity index is 1.32. The van der Waals surface area contributed by atoms with Crippen molar-refractivity contribution in [3.8, 4) is 11.8 Å². The summed E-state index contributed by atoms with van der Waals surface area (Å²) in [5.74, 6) is 1.57. The Hall–Kier alpha value is -2.83. The summed E-state index contributed by atoms with van der Waals surface area (Å²) in [6.07, 6.45) is 2.91. The molecule has 1 atom stereocenters. The fraction of sp³-hybridized carbons (Fsp3) is 0.462. The van der Waals surface area contributed by atoms with E-state index in [9.17, 15) is 10.1 Å². The van der Waals surface area contributed by atoms with Crippen LogP contribution in [0.15, 0.2) is 27.8 Å². The van der Waals surface area contributed by atoms with Gasteiger partial charge in [-0.05, 0) is 73.3 Å². The molecule has 1 aliphatic rings. The number of aromatic nitrogens is 2. The fourth-order valence-electron chi connectivity index (χ4n) is 4.34. The normalized spacial score (nSPS) is 15.4. The zero-order valence-electron chi connectivity index (χ0n) is 20.7. The van der Waals surface area contributed by atoms with Gasteiger partial charge in [-0.25, -0.2) is 0 Å². The Morgan fingerprint density at radius 3 is 2.71 bits per heavy atom. The van der Waals surface area contributed by atoms with Gasteiger partial charge in [-0.1, -0.05) is 38.6 Å². The predicted octanol–water partition coefficient (Wildman–Crippen LogP) is 6.08. The molecule has 4 rings (SSSR count). The van der Waals surface area contributed by atoms with Crippen LogP contribution in [0.2, 0.25) is 0 Å². The quantitative estimate of drug-likeness (QED) is 0.384. The highest BCUT2D eigenvalue weighted by molar-refractivity contribution is 7.99. The molecule has 1 aromatic carbocycles. The van der Waals surface area contributed by atoms with Crippen molar-refractivity contribution in [2.24, 2.45) is 11.3 Å². The molecule has 0 aliphatic heterocycles. The number of fused-ring (bicyclic) bond motifs is 1. The Labute approximate surface area is 214 Å². The van der Waals surface area contributed by atoms with Gasteiger partial charge in [0.1, 0.15) is 16.8 Å². The van der Waals surface area contributed by atoms with Crippen LogP contribution in [0, 0.1) is 36.5 Å². The zero-order valence-corrected chi connectivity index (χ0v) is 22.4. The number of carbonyl (C=O) groups excluding carboxylic acids is 1. The summed E-state index contributed by atoms with van der Waals surface area (Å²) in [5, 5.41) is 21.6. The highest BCUT2D eigenvalue weighted by Gasteiger charge is 2.32. The Bertz CT molecular complexity index is 1250. The lowest BCUT2D eigenvalue weighted by Crippen LogP contribution is -2.26. The van der Waals surface area contributed by atoms with Gasteiger partial charge in [0.25, 0.3) is 11.1 Å². The molecule has 0 unspecified atom stereocenters. The Morgan fingerprint density at radius 2 is 2.03 bits per heavy atom. The van der Waals surface area contributed by atoms with Gasteiger partial charge in [-0.3, -0.25) is 4.79 Å². The number of nitrogens with zero attached hydrogens (tertiary/aromatic N) is 3. The van der Waals surface area contributed by atoms with Crippen LogP contribution in [0.5, 0.6) is 5.75 Å². The first kappa shape index (κ1) is 25.3. The molecule has 1 N–H and O–H groups in total. The molecule has 2 heterocycles. The van der Waals surface area contributed by atoms with Crippen LogP contribution in [-0.2, 0) is 24.2 Å². The smallest absolute Gasteiger partial charge is 0.277 e. The number of amides is 1. The third kappa shape index (κ3) is 6.24. The fourth-order valence-corrected chi connectivity index (χ4v) is 6.21. The van der Waals surface area contributed by atoms with Gasteiger partial charge < -0.3 is 14.5 Å². The standard InChI is InChI=1S/C26H30N4O3S2/c1-15-8-16(2)10-18(9-15)32-13-23-29-30-25(33-23)34-14-22(31)28-24-20(12-27)19-7-6-17(26(3,4)5)11-21(19)35-24/h8-10,17H,6-7,11,13-14H2,1-5H3,(H,28,31)/t17-/m1/s1. The van der Waals surface area contributed by atoms with Crippen LogP contribution in [0.3, 0.4) is 0 Å². The molecule has 0 fully saturated rings. The SMILES string of the molecule is Cc1cc(C)cc(OCc2nnc(SCC(=O)Nc3sc4c(c3C#N)CC[C@@H](C(C)(C)C)C4)o2)c1. The third-order valence-electron chi connectivity index (χ3n) is 6.19. The topological polar surface area (TPSA) is 101 Å². The highest BCUT2D eigenvalue weighted by atomic mass is 32.2. The number of hydrogen-bond acceptors (Lipinski definition) is 8. The van der Waals surface area contributed by atoms with Crippen molar-refractivity contribution in [2.45, 2.75) is 65.7 Å². The van der Waals surface area contributed by atoms with Crippen LogP contribution in [0.25, 0.3) is 0 Å². The van der Waals surface area contributed by atoms with Crippen molar-refractivity contribution in [1.29, 1.82) is 5.26 Å². The molecule has 0 saturated heterocycles. The average Bonchev–Trinajstić information content (AvgIpc) is 3.38. The maximum absolute atomic E-state index is 12.6. The summed E-state index contributed by atoms with van der Waals surface area (Å²) < 4.78 is 11.4. The monoisotopic (exact) mass is 510 g/mol. The van der Waals surface area contributed by atoms with Crippen LogP contribution >= 0.6 is 23.1 Å². The van der Waals surface area contributed by atoms with E-state index >= 15 is 0 Å². The number of carbonyl (C=O) groups is 1. The lowest BCUT2D eigenvalue weighted by atomic mass is 9.72. The van der Waals surface area contributed by atoms with Crippen molar-refractivity contribution < 1.29 is 13.9 Å². The van der Waals surface area contributed by atoms with Gasteiger partial charge in [0.2, 0.25) is 5.91 Å². The molecular weight excluding hydrogens is 480 g/mol. The molecule has 35 heavy (non-hydrogen) atoms. The van der Waals surface area contributed by atoms with Crippen molar-refractivity contribution in [2.75, 3.05) is 11.1 Å². The van der Waals surface area contributed by atoms with Gasteiger partial charge in [0.15, 0.2) is 6.61 Å². The van der Waals surface area contributed by atoms with Gasteiger partial charge in [0, 0.05) is 4.88 Å². The predicted molar refractivity (Wildman–Crippen MR) is 138 cm³/mol. The van der Waals surface area contributed by atoms with E-state index in [0.29, 0.717) is 27.6 Å². The lowest BCUT2D eigenvalue weighted by molar-refractivity contribution is -0.113. The number of ether oxygens (including phenoxy) is 1. The first-order chi connectivity index (χ1) is 16.6. The number of benzene rings is 1. The number of thiophene rings is 1. The molecule has 3 aromatic rings. The van der Waals surface area contributed by atoms with E-state index in [1.807, 2.05) is 26.0 Å². The molecular formula is C26H30N4O3S2. The van der Waals surface area contributed by atoms with E-state index in [1.165, 1.54) is 16.2 Å². The Kier molecular flexibility index (Phi) is 7.53. The second-order valence-corrected chi connectivity index (χ2v) is 12.1. The van der Waals surface area contributed by atoms with Crippen molar-refractivity contribution >= 4 is 34.0 Å². The largest absolute Gasteiger partial charge is 0.484 e. The summed E-state index contributed by atoms with van der Waals surface area (Å²) in [5.41, 5.74) is 4.17. The summed E-state index contributed by atoms with van der Waals surface area (Å²) >= 11 is 2.70. The van der Waals surface area contributed by atoms with Crippen molar-refractivity contribution in [3.63, 3.8) is 0 Å². The summed E-state index contributed by atoms with van der Waals surface area (Å²) in [4.78, 5) is 13.8. The van der Waals surface area contributed by atoms with E-state index in [0.717, 1.165) is 53.5 Å². The van der Waals surface area contributed by atoms with Crippen LogP contribution < -0.4 is 10.1 Å². The maximum atomic E-state index is 12.6. The highest BCUT2D eigenvalue weighted by Crippen LogP contribution is 2.44. The van der Waals surface area contributed by atoms with E-state index in [4.69, 9.17) is 9.15 Å². The first-order valence-corrected chi connectivity index (χ1v) is 13.4. The van der Waals surface area contributed by atoms with E-state index in [1.54, 1.807) is 0 Å². The molecule has 2 aromatic heterocycles. The molecule has 7 nitrogen and oxygen atoms in total. The van der Waals surface area contributed by atoms with Gasteiger partial charge in [0.05, 0.1) is 11.3 Å². The minimum atomic E-state index is -0.205. The number of nitrogens with one attached hydrogen (secondary N) is 1. The molecule has 9 heteroatoms. The minimum Gasteiger partial charge on any atom is -0.484 e.